The van der Waals surface area contributed by atoms with Gasteiger partial charge in [0.2, 0.25) is 0 Å². The quantitative estimate of drug-likeness (QED) is 0.715. The second-order valence-electron chi connectivity index (χ2n) is 3.50. The molecule has 1 aromatic heterocycles. The number of hydrogen-bond donors (Lipinski definition) is 2. The summed E-state index contributed by atoms with van der Waals surface area (Å²) < 4.78 is 1.96. The van der Waals surface area contributed by atoms with Gasteiger partial charge in [0.25, 0.3) is 5.82 Å². The second-order valence-corrected chi connectivity index (χ2v) is 3.50. The van der Waals surface area contributed by atoms with Crippen LogP contribution in [0.1, 0.15) is 5.56 Å². The van der Waals surface area contributed by atoms with Gasteiger partial charge in [-0.05, 0) is 5.56 Å². The van der Waals surface area contributed by atoms with E-state index in [0.29, 0.717) is 11.5 Å². The summed E-state index contributed by atoms with van der Waals surface area (Å²) in [7, 11) is 0. The summed E-state index contributed by atoms with van der Waals surface area (Å²) in [6.45, 7) is 0.771. The van der Waals surface area contributed by atoms with Gasteiger partial charge >= 0.3 is 0 Å². The normalized spacial score (nSPS) is 10.1. The highest BCUT2D eigenvalue weighted by molar-refractivity contribution is 5.42. The average Bonchev–Trinajstić information content (AvgIpc) is 2.24. The van der Waals surface area contributed by atoms with Crippen LogP contribution < -0.4 is 16.0 Å². The molecule has 0 fully saturated rings. The smallest absolute Gasteiger partial charge is 0.274 e. The van der Waals surface area contributed by atoms with Gasteiger partial charge in [-0.3, -0.25) is 5.73 Å². The molecule has 0 amide bonds. The fraction of sp³-hybridized carbons (Fsp3) is 0.0833. The summed E-state index contributed by atoms with van der Waals surface area (Å²) in [5.74, 6) is 0.679. The maximum absolute atomic E-state index is 5.85. The van der Waals surface area contributed by atoms with E-state index in [2.05, 4.69) is 12.1 Å². The van der Waals surface area contributed by atoms with Crippen molar-refractivity contribution in [1.82, 2.24) is 0 Å². The third kappa shape index (κ3) is 2.26. The van der Waals surface area contributed by atoms with Crippen LogP contribution in [0.25, 0.3) is 0 Å². The van der Waals surface area contributed by atoms with Gasteiger partial charge in [-0.15, -0.1) is 0 Å². The first-order valence-electron chi connectivity index (χ1n) is 4.84. The third-order valence-corrected chi connectivity index (χ3v) is 2.29. The second kappa shape index (κ2) is 4.00. The van der Waals surface area contributed by atoms with Gasteiger partial charge < -0.3 is 5.73 Å². The summed E-state index contributed by atoms with van der Waals surface area (Å²) in [5, 5.41) is 0. The van der Waals surface area contributed by atoms with E-state index >= 15 is 0 Å². The van der Waals surface area contributed by atoms with Gasteiger partial charge in [-0.2, -0.15) is 0 Å². The first-order chi connectivity index (χ1) is 7.25. The minimum atomic E-state index is 0.679. The van der Waals surface area contributed by atoms with Crippen molar-refractivity contribution in [2.45, 2.75) is 6.54 Å². The number of pyridine rings is 1. The van der Waals surface area contributed by atoms with E-state index in [1.807, 2.05) is 35.0 Å². The molecular weight excluding hydrogens is 186 g/mol. The molecule has 0 spiro atoms. The minimum absolute atomic E-state index is 0.679. The Bertz CT molecular complexity index is 452. The van der Waals surface area contributed by atoms with E-state index in [1.165, 1.54) is 5.56 Å². The van der Waals surface area contributed by atoms with Gasteiger partial charge in [-0.1, -0.05) is 30.3 Å². The standard InChI is InChI=1S/C12H13N3/c13-11-6-7-15(12(14)8-11)9-10-4-2-1-3-5-10/h1-8H,9H2,(H3,13,14)/p+1. The number of anilines is 2. The highest BCUT2D eigenvalue weighted by Gasteiger charge is 2.04. The highest BCUT2D eigenvalue weighted by atomic mass is 15.0. The zero-order valence-electron chi connectivity index (χ0n) is 8.43. The number of nitrogens with two attached hydrogens (primary N) is 2. The molecule has 0 aliphatic carbocycles. The van der Waals surface area contributed by atoms with Gasteiger partial charge in [-0.25, -0.2) is 4.57 Å². The van der Waals surface area contributed by atoms with Crippen molar-refractivity contribution < 1.29 is 4.57 Å². The van der Waals surface area contributed by atoms with Crippen LogP contribution in [-0.2, 0) is 6.54 Å². The lowest BCUT2D eigenvalue weighted by Crippen LogP contribution is -2.37. The molecule has 0 aliphatic heterocycles. The van der Waals surface area contributed by atoms with Gasteiger partial charge in [0.1, 0.15) is 6.54 Å². The van der Waals surface area contributed by atoms with Crippen molar-refractivity contribution in [2.24, 2.45) is 0 Å². The zero-order valence-corrected chi connectivity index (χ0v) is 8.43. The van der Waals surface area contributed by atoms with Crippen LogP contribution >= 0.6 is 0 Å². The molecular formula is C12H14N3+. The Balaban J connectivity index is 2.25. The van der Waals surface area contributed by atoms with Gasteiger partial charge in [0, 0.05) is 11.8 Å². The number of hydrogen-bond acceptors (Lipinski definition) is 2. The molecule has 2 aromatic rings. The Morgan fingerprint density at radius 1 is 1.00 bits per heavy atom. The number of aromatic nitrogens is 1. The Morgan fingerprint density at radius 3 is 2.40 bits per heavy atom. The summed E-state index contributed by atoms with van der Waals surface area (Å²) in [4.78, 5) is 0. The highest BCUT2D eigenvalue weighted by Crippen LogP contribution is 2.04. The Kier molecular flexibility index (Phi) is 2.54. The van der Waals surface area contributed by atoms with Crippen LogP contribution in [0.5, 0.6) is 0 Å². The largest absolute Gasteiger partial charge is 0.398 e. The Labute approximate surface area is 89.0 Å². The molecule has 0 saturated heterocycles. The van der Waals surface area contributed by atoms with E-state index in [9.17, 15) is 0 Å². The zero-order chi connectivity index (χ0) is 10.7. The van der Waals surface area contributed by atoms with Crippen molar-refractivity contribution >= 4 is 11.5 Å². The molecule has 76 valence electrons. The Hall–Kier alpha value is -2.03. The lowest BCUT2D eigenvalue weighted by atomic mass is 10.2. The lowest BCUT2D eigenvalue weighted by molar-refractivity contribution is -0.673. The van der Waals surface area contributed by atoms with Crippen LogP contribution in [0.4, 0.5) is 11.5 Å². The minimum Gasteiger partial charge on any atom is -0.398 e. The van der Waals surface area contributed by atoms with E-state index < -0.39 is 0 Å². The van der Waals surface area contributed by atoms with Crippen LogP contribution in [0.2, 0.25) is 0 Å². The Morgan fingerprint density at radius 2 is 1.73 bits per heavy atom. The third-order valence-electron chi connectivity index (χ3n) is 2.29. The van der Waals surface area contributed by atoms with Crippen molar-refractivity contribution in [3.8, 4) is 0 Å². The van der Waals surface area contributed by atoms with Gasteiger partial charge in [0.05, 0.1) is 12.3 Å². The molecule has 0 atom stereocenters. The van der Waals surface area contributed by atoms with Crippen molar-refractivity contribution in [3.63, 3.8) is 0 Å². The first-order valence-corrected chi connectivity index (χ1v) is 4.84. The molecule has 4 N–H and O–H groups in total. The van der Waals surface area contributed by atoms with Crippen LogP contribution in [0.3, 0.4) is 0 Å². The summed E-state index contributed by atoms with van der Waals surface area (Å²) in [5.41, 5.74) is 13.4. The topological polar surface area (TPSA) is 55.9 Å². The summed E-state index contributed by atoms with van der Waals surface area (Å²) in [6.07, 6.45) is 1.90. The SMILES string of the molecule is Nc1cc[n+](Cc2ccccc2)c(N)c1. The number of benzene rings is 1. The average molecular weight is 200 g/mol. The number of rotatable bonds is 2. The maximum Gasteiger partial charge on any atom is 0.274 e. The number of nitrogens with zero attached hydrogens (tertiary/aromatic N) is 1. The molecule has 2 rings (SSSR count). The number of nitrogen functional groups attached to an aromatic ring is 2. The fourth-order valence-corrected chi connectivity index (χ4v) is 1.49. The maximum atomic E-state index is 5.85. The molecule has 0 bridgehead atoms. The van der Waals surface area contributed by atoms with Crippen LogP contribution in [-0.4, -0.2) is 0 Å². The van der Waals surface area contributed by atoms with Crippen molar-refractivity contribution in [3.05, 3.63) is 54.2 Å². The molecule has 3 heteroatoms. The predicted octanol–water partition coefficient (Wildman–Crippen LogP) is 1.19. The molecule has 15 heavy (non-hydrogen) atoms. The van der Waals surface area contributed by atoms with Crippen LogP contribution in [0.15, 0.2) is 48.7 Å². The van der Waals surface area contributed by atoms with E-state index in [4.69, 9.17) is 11.5 Å². The van der Waals surface area contributed by atoms with E-state index in [-0.39, 0.29) is 0 Å². The lowest BCUT2D eigenvalue weighted by Gasteiger charge is -2.03. The molecule has 1 heterocycles. The monoisotopic (exact) mass is 200 g/mol. The molecule has 0 saturated carbocycles. The summed E-state index contributed by atoms with van der Waals surface area (Å²) in [6, 6.07) is 13.8. The predicted molar refractivity (Wildman–Crippen MR) is 61.0 cm³/mol. The van der Waals surface area contributed by atoms with E-state index in [1.54, 1.807) is 6.07 Å². The fourth-order valence-electron chi connectivity index (χ4n) is 1.49. The van der Waals surface area contributed by atoms with Crippen molar-refractivity contribution in [2.75, 3.05) is 11.5 Å². The molecule has 0 aliphatic rings. The van der Waals surface area contributed by atoms with Crippen LogP contribution in [0, 0.1) is 0 Å². The first kappa shape index (κ1) is 9.52. The summed E-state index contributed by atoms with van der Waals surface area (Å²) >= 11 is 0. The molecule has 3 nitrogen and oxygen atoms in total. The van der Waals surface area contributed by atoms with Crippen molar-refractivity contribution in [1.29, 1.82) is 0 Å². The molecule has 0 unspecified atom stereocenters. The molecule has 0 radical (unpaired) electrons. The van der Waals surface area contributed by atoms with E-state index in [0.717, 1.165) is 6.54 Å². The molecule has 1 aromatic carbocycles. The van der Waals surface area contributed by atoms with Gasteiger partial charge in [0.15, 0.2) is 0 Å².